The maximum absolute atomic E-state index is 12.8. The number of carbonyl (C=O) groups is 1. The molecule has 27 heavy (non-hydrogen) atoms. The van der Waals surface area contributed by atoms with E-state index in [-0.39, 0.29) is 36.8 Å². The third-order valence-corrected chi connectivity index (χ3v) is 4.21. The zero-order chi connectivity index (χ0) is 18.3. The van der Waals surface area contributed by atoms with Gasteiger partial charge in [-0.3, -0.25) is 9.69 Å². The Bertz CT molecular complexity index is 553. The molecular formula is C17H26Cl2F3N3O2. The molecule has 0 radical (unpaired) electrons. The second-order valence-electron chi connectivity index (χ2n) is 5.98. The van der Waals surface area contributed by atoms with E-state index in [9.17, 15) is 18.0 Å². The van der Waals surface area contributed by atoms with Crippen molar-refractivity contribution in [1.29, 1.82) is 0 Å². The Balaban J connectivity index is 0.00000338. The molecule has 0 aromatic heterocycles. The molecule has 2 rings (SSSR count). The number of hydrogen-bond acceptors (Lipinski definition) is 4. The fraction of sp³-hybridized carbons (Fsp3) is 0.588. The molecule has 0 saturated carbocycles. The first-order chi connectivity index (χ1) is 11.9. The van der Waals surface area contributed by atoms with E-state index in [1.807, 2.05) is 0 Å². The number of ether oxygens (including phenoxy) is 1. The summed E-state index contributed by atoms with van der Waals surface area (Å²) in [4.78, 5) is 14.0. The summed E-state index contributed by atoms with van der Waals surface area (Å²) in [5.74, 6) is -0.101. The van der Waals surface area contributed by atoms with Crippen molar-refractivity contribution in [3.8, 4) is 0 Å². The minimum atomic E-state index is -4.36. The molecule has 3 N–H and O–H groups in total. The van der Waals surface area contributed by atoms with Crippen LogP contribution in [0.15, 0.2) is 24.3 Å². The van der Waals surface area contributed by atoms with Gasteiger partial charge in [0.1, 0.15) is 0 Å². The monoisotopic (exact) mass is 431 g/mol. The Morgan fingerprint density at radius 1 is 1.19 bits per heavy atom. The van der Waals surface area contributed by atoms with Crippen molar-refractivity contribution in [2.45, 2.75) is 25.1 Å². The predicted molar refractivity (Wildman–Crippen MR) is 102 cm³/mol. The van der Waals surface area contributed by atoms with Gasteiger partial charge in [-0.1, -0.05) is 12.1 Å². The van der Waals surface area contributed by atoms with Crippen molar-refractivity contribution in [3.63, 3.8) is 0 Å². The minimum Gasteiger partial charge on any atom is -0.379 e. The van der Waals surface area contributed by atoms with Crippen LogP contribution < -0.4 is 11.1 Å². The third kappa shape index (κ3) is 8.23. The number of nitrogens with two attached hydrogens (primary N) is 1. The maximum atomic E-state index is 12.8. The molecule has 1 saturated heterocycles. The highest BCUT2D eigenvalue weighted by molar-refractivity contribution is 5.85. The number of benzene rings is 1. The summed E-state index contributed by atoms with van der Waals surface area (Å²) in [6.45, 7) is 3.26. The van der Waals surface area contributed by atoms with Crippen molar-refractivity contribution in [1.82, 2.24) is 10.2 Å². The standard InChI is InChI=1S/C17H24F3N3O2.2ClH/c18-17(19,20)14-5-3-13(4-6-14)15(23-8-10-25-11-9-23)12-22-16(24)2-1-7-21;;/h3-6,15H,1-2,7-12,21H2,(H,22,24);2*1H. The molecule has 0 spiro atoms. The lowest BCUT2D eigenvalue weighted by Gasteiger charge is -2.35. The largest absolute Gasteiger partial charge is 0.416 e. The number of amides is 1. The SMILES string of the molecule is Cl.Cl.NCCCC(=O)NCC(c1ccc(C(F)(F)F)cc1)N1CCOCC1. The highest BCUT2D eigenvalue weighted by atomic mass is 35.5. The van der Waals surface area contributed by atoms with Gasteiger partial charge in [0, 0.05) is 26.1 Å². The zero-order valence-corrected chi connectivity index (χ0v) is 16.5. The molecule has 10 heteroatoms. The van der Waals surface area contributed by atoms with Crippen molar-refractivity contribution in [2.75, 3.05) is 39.4 Å². The summed E-state index contributed by atoms with van der Waals surface area (Å²) >= 11 is 0. The van der Waals surface area contributed by atoms with Gasteiger partial charge in [-0.25, -0.2) is 0 Å². The van der Waals surface area contributed by atoms with Crippen LogP contribution in [0.2, 0.25) is 0 Å². The maximum Gasteiger partial charge on any atom is 0.416 e. The van der Waals surface area contributed by atoms with Gasteiger partial charge in [-0.15, -0.1) is 24.8 Å². The highest BCUT2D eigenvalue weighted by Gasteiger charge is 2.31. The average molecular weight is 432 g/mol. The molecule has 1 unspecified atom stereocenters. The Morgan fingerprint density at radius 2 is 1.78 bits per heavy atom. The van der Waals surface area contributed by atoms with E-state index in [2.05, 4.69) is 10.2 Å². The van der Waals surface area contributed by atoms with Crippen LogP contribution in [0.1, 0.15) is 30.0 Å². The number of nitrogens with zero attached hydrogens (tertiary/aromatic N) is 1. The number of halogens is 5. The van der Waals surface area contributed by atoms with Gasteiger partial charge >= 0.3 is 6.18 Å². The van der Waals surface area contributed by atoms with Gasteiger partial charge in [0.15, 0.2) is 0 Å². The third-order valence-electron chi connectivity index (χ3n) is 4.21. The molecule has 1 aromatic rings. The predicted octanol–water partition coefficient (Wildman–Crippen LogP) is 2.78. The highest BCUT2D eigenvalue weighted by Crippen LogP contribution is 2.31. The Hall–Kier alpha value is -1.06. The van der Waals surface area contributed by atoms with Crippen LogP contribution in [0.25, 0.3) is 0 Å². The summed E-state index contributed by atoms with van der Waals surface area (Å²) in [5, 5.41) is 2.86. The zero-order valence-electron chi connectivity index (χ0n) is 14.8. The summed E-state index contributed by atoms with van der Waals surface area (Å²) in [7, 11) is 0. The summed E-state index contributed by atoms with van der Waals surface area (Å²) < 4.78 is 43.6. The van der Waals surface area contributed by atoms with Crippen LogP contribution in [0.4, 0.5) is 13.2 Å². The van der Waals surface area contributed by atoms with E-state index in [4.69, 9.17) is 10.5 Å². The summed E-state index contributed by atoms with van der Waals surface area (Å²) in [6, 6.07) is 4.94. The summed E-state index contributed by atoms with van der Waals surface area (Å²) in [5.41, 5.74) is 5.46. The second-order valence-corrected chi connectivity index (χ2v) is 5.98. The van der Waals surface area contributed by atoms with E-state index in [0.29, 0.717) is 52.2 Å². The van der Waals surface area contributed by atoms with Crippen molar-refractivity contribution in [3.05, 3.63) is 35.4 Å². The van der Waals surface area contributed by atoms with E-state index >= 15 is 0 Å². The molecular weight excluding hydrogens is 406 g/mol. The van der Waals surface area contributed by atoms with Crippen LogP contribution >= 0.6 is 24.8 Å². The molecule has 0 bridgehead atoms. The van der Waals surface area contributed by atoms with Crippen LogP contribution in [-0.4, -0.2) is 50.2 Å². The van der Waals surface area contributed by atoms with Gasteiger partial charge in [0.25, 0.3) is 0 Å². The fourth-order valence-corrected chi connectivity index (χ4v) is 2.80. The first-order valence-corrected chi connectivity index (χ1v) is 8.37. The number of morpholine rings is 1. The topological polar surface area (TPSA) is 67.6 Å². The second kappa shape index (κ2) is 12.4. The van der Waals surface area contributed by atoms with E-state index in [1.165, 1.54) is 12.1 Å². The van der Waals surface area contributed by atoms with E-state index in [0.717, 1.165) is 17.7 Å². The molecule has 1 amide bonds. The molecule has 1 aliphatic rings. The smallest absolute Gasteiger partial charge is 0.379 e. The average Bonchev–Trinajstić information content (AvgIpc) is 2.60. The van der Waals surface area contributed by atoms with E-state index in [1.54, 1.807) is 0 Å². The van der Waals surface area contributed by atoms with Gasteiger partial charge < -0.3 is 15.8 Å². The Kier molecular flexibility index (Phi) is 11.9. The molecule has 0 aliphatic carbocycles. The lowest BCUT2D eigenvalue weighted by atomic mass is 10.0. The van der Waals surface area contributed by atoms with Crippen molar-refractivity contribution in [2.24, 2.45) is 5.73 Å². The first-order valence-electron chi connectivity index (χ1n) is 8.37. The van der Waals surface area contributed by atoms with Gasteiger partial charge in [0.2, 0.25) is 5.91 Å². The van der Waals surface area contributed by atoms with Crippen LogP contribution in [0, 0.1) is 0 Å². The number of nitrogens with one attached hydrogen (secondary N) is 1. The van der Waals surface area contributed by atoms with Crippen molar-refractivity contribution < 1.29 is 22.7 Å². The molecule has 1 aliphatic heterocycles. The molecule has 1 heterocycles. The van der Waals surface area contributed by atoms with Gasteiger partial charge in [0.05, 0.1) is 24.8 Å². The van der Waals surface area contributed by atoms with Crippen molar-refractivity contribution >= 4 is 30.7 Å². The lowest BCUT2D eigenvalue weighted by Crippen LogP contribution is -2.43. The Morgan fingerprint density at radius 3 is 2.30 bits per heavy atom. The molecule has 156 valence electrons. The molecule has 1 fully saturated rings. The number of hydrogen-bond donors (Lipinski definition) is 2. The normalized spacial score (nSPS) is 16.0. The Labute approximate surface area is 169 Å². The number of carbonyl (C=O) groups excluding carboxylic acids is 1. The molecule has 5 nitrogen and oxygen atoms in total. The first kappa shape index (κ1) is 25.9. The van der Waals surface area contributed by atoms with Crippen LogP contribution in [0.3, 0.4) is 0 Å². The fourth-order valence-electron chi connectivity index (χ4n) is 2.80. The minimum absolute atomic E-state index is 0. The van der Waals surface area contributed by atoms with Crippen LogP contribution in [0.5, 0.6) is 0 Å². The molecule has 1 aromatic carbocycles. The lowest BCUT2D eigenvalue weighted by molar-refractivity contribution is -0.137. The van der Waals surface area contributed by atoms with Crippen LogP contribution in [-0.2, 0) is 15.7 Å². The number of alkyl halides is 3. The number of rotatable bonds is 7. The van der Waals surface area contributed by atoms with Gasteiger partial charge in [-0.2, -0.15) is 13.2 Å². The quantitative estimate of drug-likeness (QED) is 0.696. The van der Waals surface area contributed by atoms with Gasteiger partial charge in [-0.05, 0) is 30.7 Å². The summed E-state index contributed by atoms with van der Waals surface area (Å²) in [6.07, 6.45) is -3.41. The van der Waals surface area contributed by atoms with E-state index < -0.39 is 11.7 Å². The molecule has 1 atom stereocenters.